The molecule has 0 spiro atoms. The zero-order valence-corrected chi connectivity index (χ0v) is 19.7. The second-order valence-corrected chi connectivity index (χ2v) is 12.9. The zero-order chi connectivity index (χ0) is 23.2. The van der Waals surface area contributed by atoms with E-state index in [0.717, 1.165) is 36.3 Å². The van der Waals surface area contributed by atoms with Gasteiger partial charge in [0.15, 0.2) is 8.32 Å². The monoisotopic (exact) mass is 478 g/mol. The summed E-state index contributed by atoms with van der Waals surface area (Å²) in [6.45, 7) is 6.21. The van der Waals surface area contributed by atoms with Crippen molar-refractivity contribution < 1.29 is 26.4 Å². The van der Waals surface area contributed by atoms with E-state index in [-0.39, 0.29) is 5.02 Å². The third kappa shape index (κ3) is 7.02. The number of aryl methyl sites for hydroxylation is 1. The third-order valence-corrected chi connectivity index (χ3v) is 10.8. The van der Waals surface area contributed by atoms with Gasteiger partial charge in [-0.25, -0.2) is 8.78 Å². The average molecular weight is 479 g/mol. The number of hydrogen-bond acceptors (Lipinski definition) is 1. The summed E-state index contributed by atoms with van der Waals surface area (Å²) in [7, 11) is -2.08. The Kier molecular flexibility index (Phi) is 9.10. The van der Waals surface area contributed by atoms with Gasteiger partial charge in [-0.05, 0) is 72.8 Å². The number of alkyl halides is 3. The molecule has 1 nitrogen and oxygen atoms in total. The standard InChI is InChI=1S/C23H28ClF5OSi/c1-4-31(5-2,6-3)30-22(9-7-8-16-12-18(25)15-19(26)13-16)20-11-10-17(14-21(20)24)23(27,28)29/h10-15,22H,4-9H2,1-3H3. The molecule has 0 saturated carbocycles. The zero-order valence-electron chi connectivity index (χ0n) is 18.0. The first kappa shape index (κ1) is 25.8. The van der Waals surface area contributed by atoms with E-state index in [1.165, 1.54) is 18.2 Å². The minimum Gasteiger partial charge on any atom is -0.410 e. The highest BCUT2D eigenvalue weighted by atomic mass is 35.5. The molecule has 2 aromatic rings. The van der Waals surface area contributed by atoms with E-state index >= 15 is 0 Å². The number of rotatable bonds is 10. The lowest BCUT2D eigenvalue weighted by Crippen LogP contribution is -2.37. The van der Waals surface area contributed by atoms with Crippen molar-refractivity contribution in [1.29, 1.82) is 0 Å². The maximum Gasteiger partial charge on any atom is 0.416 e. The van der Waals surface area contributed by atoms with Gasteiger partial charge in [0.1, 0.15) is 11.6 Å². The molecule has 1 atom stereocenters. The Morgan fingerprint density at radius 3 is 2.00 bits per heavy atom. The van der Waals surface area contributed by atoms with Gasteiger partial charge in [-0.3, -0.25) is 0 Å². The molecule has 0 aromatic heterocycles. The molecule has 2 rings (SSSR count). The molecule has 1 unspecified atom stereocenters. The molecule has 31 heavy (non-hydrogen) atoms. The number of benzene rings is 2. The summed E-state index contributed by atoms with van der Waals surface area (Å²) in [5.41, 5.74) is 0.243. The highest BCUT2D eigenvalue weighted by Crippen LogP contribution is 2.39. The van der Waals surface area contributed by atoms with E-state index in [0.29, 0.717) is 30.4 Å². The van der Waals surface area contributed by atoms with E-state index < -0.39 is 37.8 Å². The van der Waals surface area contributed by atoms with Crippen LogP contribution in [0.25, 0.3) is 0 Å². The Labute approximate surface area is 186 Å². The topological polar surface area (TPSA) is 9.23 Å². The van der Waals surface area contributed by atoms with Gasteiger partial charge in [-0.15, -0.1) is 0 Å². The first-order chi connectivity index (χ1) is 14.5. The summed E-state index contributed by atoms with van der Waals surface area (Å²) in [5.74, 6) is -1.27. The normalized spacial score (nSPS) is 13.5. The molecule has 0 bridgehead atoms. The third-order valence-electron chi connectivity index (χ3n) is 5.85. The first-order valence-corrected chi connectivity index (χ1v) is 13.4. The Bertz CT molecular complexity index is 839. The van der Waals surface area contributed by atoms with E-state index in [4.69, 9.17) is 16.0 Å². The van der Waals surface area contributed by atoms with Crippen molar-refractivity contribution in [2.75, 3.05) is 0 Å². The van der Waals surface area contributed by atoms with Crippen molar-refractivity contribution in [2.45, 2.75) is 70.4 Å². The van der Waals surface area contributed by atoms with E-state index in [2.05, 4.69) is 20.8 Å². The van der Waals surface area contributed by atoms with Crippen molar-refractivity contribution in [1.82, 2.24) is 0 Å². The molecule has 0 aliphatic carbocycles. The van der Waals surface area contributed by atoms with Gasteiger partial charge < -0.3 is 4.43 Å². The molecular formula is C23H28ClF5OSi. The second kappa shape index (κ2) is 10.9. The molecule has 0 saturated heterocycles. The Hall–Kier alpha value is -1.44. The van der Waals surface area contributed by atoms with Crippen molar-refractivity contribution in [3.8, 4) is 0 Å². The highest BCUT2D eigenvalue weighted by molar-refractivity contribution is 6.73. The van der Waals surface area contributed by atoms with E-state index in [1.807, 2.05) is 0 Å². The molecule has 0 radical (unpaired) electrons. The summed E-state index contributed by atoms with van der Waals surface area (Å²) in [6, 6.07) is 9.37. The van der Waals surface area contributed by atoms with Crippen molar-refractivity contribution in [2.24, 2.45) is 0 Å². The fraction of sp³-hybridized carbons (Fsp3) is 0.478. The minimum absolute atomic E-state index is 0.0165. The lowest BCUT2D eigenvalue weighted by atomic mass is 10.00. The average Bonchev–Trinajstić information content (AvgIpc) is 2.70. The van der Waals surface area contributed by atoms with Crippen LogP contribution in [0.2, 0.25) is 23.2 Å². The molecule has 172 valence electrons. The van der Waals surface area contributed by atoms with E-state index in [1.54, 1.807) is 0 Å². The quantitative estimate of drug-likeness (QED) is 0.245. The molecule has 0 N–H and O–H groups in total. The molecule has 0 aliphatic rings. The maximum absolute atomic E-state index is 13.5. The van der Waals surface area contributed by atoms with Gasteiger partial charge in [-0.1, -0.05) is 38.4 Å². The van der Waals surface area contributed by atoms with Gasteiger partial charge in [0.2, 0.25) is 0 Å². The van der Waals surface area contributed by atoms with E-state index in [9.17, 15) is 22.0 Å². The Balaban J connectivity index is 2.28. The predicted molar refractivity (Wildman–Crippen MR) is 117 cm³/mol. The fourth-order valence-corrected chi connectivity index (χ4v) is 6.94. The first-order valence-electron chi connectivity index (χ1n) is 10.5. The summed E-state index contributed by atoms with van der Waals surface area (Å²) in [5, 5.41) is 0.0165. The molecular weight excluding hydrogens is 451 g/mol. The highest BCUT2D eigenvalue weighted by Gasteiger charge is 2.35. The Morgan fingerprint density at radius 2 is 1.52 bits per heavy atom. The number of hydrogen-bond donors (Lipinski definition) is 0. The van der Waals surface area contributed by atoms with Crippen LogP contribution in [-0.4, -0.2) is 8.32 Å². The summed E-state index contributed by atoms with van der Waals surface area (Å²) < 4.78 is 72.6. The molecule has 0 amide bonds. The largest absolute Gasteiger partial charge is 0.416 e. The minimum atomic E-state index is -4.48. The lowest BCUT2D eigenvalue weighted by Gasteiger charge is -2.34. The van der Waals surface area contributed by atoms with Gasteiger partial charge in [-0.2, -0.15) is 13.2 Å². The van der Waals surface area contributed by atoms with Crippen LogP contribution in [0, 0.1) is 11.6 Å². The van der Waals surface area contributed by atoms with Crippen LogP contribution in [-0.2, 0) is 17.0 Å². The van der Waals surface area contributed by atoms with Crippen molar-refractivity contribution in [3.63, 3.8) is 0 Å². The summed E-state index contributed by atoms with van der Waals surface area (Å²) in [4.78, 5) is 0. The molecule has 8 heteroatoms. The van der Waals surface area contributed by atoms with Gasteiger partial charge in [0.05, 0.1) is 11.7 Å². The summed E-state index contributed by atoms with van der Waals surface area (Å²) >= 11 is 6.26. The number of halogens is 6. The van der Waals surface area contributed by atoms with Crippen LogP contribution >= 0.6 is 11.6 Å². The van der Waals surface area contributed by atoms with Crippen LogP contribution in [0.3, 0.4) is 0 Å². The van der Waals surface area contributed by atoms with Crippen LogP contribution in [0.5, 0.6) is 0 Å². The van der Waals surface area contributed by atoms with Crippen LogP contribution in [0.15, 0.2) is 36.4 Å². The van der Waals surface area contributed by atoms with Crippen LogP contribution in [0.1, 0.15) is 56.4 Å². The van der Waals surface area contributed by atoms with Gasteiger partial charge >= 0.3 is 6.18 Å². The van der Waals surface area contributed by atoms with Gasteiger partial charge in [0, 0.05) is 11.1 Å². The fourth-order valence-electron chi connectivity index (χ4n) is 3.79. The Morgan fingerprint density at radius 1 is 0.935 bits per heavy atom. The molecule has 0 fully saturated rings. The SMILES string of the molecule is CC[Si](CC)(CC)OC(CCCc1cc(F)cc(F)c1)c1ccc(C(F)(F)F)cc1Cl. The summed E-state index contributed by atoms with van der Waals surface area (Å²) in [6.07, 6.45) is -3.50. The maximum atomic E-state index is 13.5. The molecule has 2 aromatic carbocycles. The van der Waals surface area contributed by atoms with Crippen molar-refractivity contribution in [3.05, 3.63) is 69.7 Å². The predicted octanol–water partition coefficient (Wildman–Crippen LogP) is 8.72. The smallest absolute Gasteiger partial charge is 0.410 e. The molecule has 0 heterocycles. The van der Waals surface area contributed by atoms with Crippen LogP contribution < -0.4 is 0 Å². The molecule has 0 aliphatic heterocycles. The van der Waals surface area contributed by atoms with Gasteiger partial charge in [0.25, 0.3) is 0 Å². The lowest BCUT2D eigenvalue weighted by molar-refractivity contribution is -0.137. The van der Waals surface area contributed by atoms with Crippen LogP contribution in [0.4, 0.5) is 22.0 Å². The van der Waals surface area contributed by atoms with Crippen molar-refractivity contribution >= 4 is 19.9 Å². The second-order valence-electron chi connectivity index (χ2n) is 7.75.